The molecule has 1 rings (SSSR count). The molecule has 2 heteroatoms. The minimum absolute atomic E-state index is 0.0659. The van der Waals surface area contributed by atoms with Crippen molar-refractivity contribution in [3.05, 3.63) is 23.8 Å². The van der Waals surface area contributed by atoms with Crippen LogP contribution in [0.1, 0.15) is 38.5 Å². The first kappa shape index (κ1) is 4.89. The van der Waals surface area contributed by atoms with E-state index < -0.39 is 13.2 Å². The van der Waals surface area contributed by atoms with Gasteiger partial charge in [-0.15, -0.1) is 0 Å². The van der Waals surface area contributed by atoms with Crippen LogP contribution < -0.4 is 0 Å². The molecular weight excluding hydrogens is 164 g/mol. The molecule has 0 unspecified atom stereocenters. The minimum atomic E-state index is -2.63. The lowest BCUT2D eigenvalue weighted by Crippen LogP contribution is -1.84. The molecule has 0 bridgehead atoms. The van der Waals surface area contributed by atoms with Gasteiger partial charge in [0.1, 0.15) is 11.5 Å². The number of aromatic hydroxyl groups is 2. The number of hydrogen-bond acceptors (Lipinski definition) is 2. The Morgan fingerprint density at radius 2 is 1.92 bits per heavy atom. The number of hydrogen-bond donors (Lipinski definition) is 2. The van der Waals surface area contributed by atoms with E-state index in [9.17, 15) is 10.2 Å². The zero-order chi connectivity index (χ0) is 14.0. The first-order chi connectivity index (χ1) is 8.12. The van der Waals surface area contributed by atoms with Crippen LogP contribution in [0.15, 0.2) is 18.2 Å². The maximum atomic E-state index is 9.26. The van der Waals surface area contributed by atoms with Crippen LogP contribution in [0.3, 0.4) is 0 Å². The third kappa shape index (κ3) is 3.36. The monoisotopic (exact) mass is 185 g/mol. The first-order valence-electron chi connectivity index (χ1n) is 6.64. The van der Waals surface area contributed by atoms with Crippen LogP contribution in [0, 0.1) is 0 Å². The van der Waals surface area contributed by atoms with E-state index in [1.807, 2.05) is 0 Å². The maximum absolute atomic E-state index is 9.26. The summed E-state index contributed by atoms with van der Waals surface area (Å²) < 4.78 is 36.1. The summed E-state index contributed by atoms with van der Waals surface area (Å²) in [7, 11) is 0. The van der Waals surface area contributed by atoms with Gasteiger partial charge in [0, 0.05) is 12.9 Å². The predicted molar refractivity (Wildman–Crippen MR) is 53.0 cm³/mol. The van der Waals surface area contributed by atoms with Gasteiger partial charge in [-0.3, -0.25) is 0 Å². The molecule has 0 fully saturated rings. The van der Waals surface area contributed by atoms with Crippen molar-refractivity contribution in [2.45, 2.75) is 32.5 Å². The lowest BCUT2D eigenvalue weighted by Gasteiger charge is -2.02. The van der Waals surface area contributed by atoms with Crippen LogP contribution in [0.5, 0.6) is 11.5 Å². The average molecular weight is 185 g/mol. The van der Waals surface area contributed by atoms with Gasteiger partial charge >= 0.3 is 0 Å². The highest BCUT2D eigenvalue weighted by atomic mass is 16.3. The highest BCUT2D eigenvalue weighted by Crippen LogP contribution is 2.21. The Bertz CT molecular complexity index is 394. The molecule has 0 radical (unpaired) electrons. The Morgan fingerprint density at radius 1 is 1.23 bits per heavy atom. The predicted octanol–water partition coefficient (Wildman–Crippen LogP) is 2.83. The molecule has 2 nitrogen and oxygen atoms in total. The fourth-order valence-corrected chi connectivity index (χ4v) is 1.18. The second-order valence-corrected chi connectivity index (χ2v) is 2.89. The topological polar surface area (TPSA) is 40.5 Å². The number of benzene rings is 1. The van der Waals surface area contributed by atoms with Gasteiger partial charge in [-0.1, -0.05) is 19.6 Å². The van der Waals surface area contributed by atoms with Crippen molar-refractivity contribution < 1.29 is 17.1 Å². The van der Waals surface area contributed by atoms with Crippen LogP contribution in [0.25, 0.3) is 0 Å². The molecule has 13 heavy (non-hydrogen) atoms. The van der Waals surface area contributed by atoms with E-state index >= 15 is 0 Å². The van der Waals surface area contributed by atoms with Crippen LogP contribution >= 0.6 is 0 Å². The van der Waals surface area contributed by atoms with Gasteiger partial charge in [0.2, 0.25) is 0 Å². The fourth-order valence-electron chi connectivity index (χ4n) is 1.18. The molecule has 0 saturated heterocycles. The highest BCUT2D eigenvalue weighted by Gasteiger charge is 1.98. The average Bonchev–Trinajstić information content (AvgIpc) is 2.13. The molecular formula is C11H16O2. The summed E-state index contributed by atoms with van der Waals surface area (Å²) in [4.78, 5) is 0. The molecule has 0 saturated carbocycles. The van der Waals surface area contributed by atoms with E-state index in [4.69, 9.17) is 6.85 Å². The minimum Gasteiger partial charge on any atom is -0.508 e. The Kier molecular flexibility index (Phi) is 1.79. The van der Waals surface area contributed by atoms with Gasteiger partial charge in [-0.25, -0.2) is 0 Å². The Hall–Kier alpha value is -1.18. The normalized spacial score (nSPS) is 18.0. The summed E-state index contributed by atoms with van der Waals surface area (Å²) in [5.74, 6) is -0.132. The van der Waals surface area contributed by atoms with Crippen molar-refractivity contribution in [1.29, 1.82) is 0 Å². The Balaban J connectivity index is 2.57. The molecule has 0 heterocycles. The lowest BCUT2D eigenvalue weighted by atomic mass is 10.1. The van der Waals surface area contributed by atoms with E-state index in [1.54, 1.807) is 0 Å². The van der Waals surface area contributed by atoms with Crippen molar-refractivity contribution in [1.82, 2.24) is 0 Å². The molecule has 72 valence electrons. The van der Waals surface area contributed by atoms with Gasteiger partial charge in [0.25, 0.3) is 0 Å². The van der Waals surface area contributed by atoms with Gasteiger partial charge < -0.3 is 10.2 Å². The standard InChI is InChI=1S/C11H16O2/c1-2-3-4-5-9-6-10(12)8-11(13)7-9/h6-8,12-13H,2-5H2,1H3/i1D3,2D2. The second kappa shape index (κ2) is 4.75. The molecule has 2 N–H and O–H groups in total. The SMILES string of the molecule is [2H]C([2H])([2H])C([2H])([2H])CCCc1cc(O)cc(O)c1. The van der Waals surface area contributed by atoms with Crippen LogP contribution in [0.4, 0.5) is 0 Å². The van der Waals surface area contributed by atoms with Crippen LogP contribution in [-0.2, 0) is 6.42 Å². The van der Waals surface area contributed by atoms with E-state index in [-0.39, 0.29) is 17.9 Å². The lowest BCUT2D eigenvalue weighted by molar-refractivity contribution is 0.449. The van der Waals surface area contributed by atoms with Gasteiger partial charge in [-0.05, 0) is 30.5 Å². The molecule has 0 aliphatic carbocycles. The van der Waals surface area contributed by atoms with E-state index in [1.165, 1.54) is 18.2 Å². The smallest absolute Gasteiger partial charge is 0.119 e. The second-order valence-electron chi connectivity index (χ2n) is 2.89. The summed E-state index contributed by atoms with van der Waals surface area (Å²) in [6.45, 7) is -2.63. The molecule has 0 aliphatic heterocycles. The summed E-state index contributed by atoms with van der Waals surface area (Å²) in [6, 6.07) is 4.13. The van der Waals surface area contributed by atoms with Crippen molar-refractivity contribution in [3.63, 3.8) is 0 Å². The molecule has 1 aromatic rings. The van der Waals surface area contributed by atoms with E-state index in [0.717, 1.165) is 0 Å². The van der Waals surface area contributed by atoms with Crippen LogP contribution in [0.2, 0.25) is 0 Å². The third-order valence-corrected chi connectivity index (χ3v) is 1.73. The number of rotatable bonds is 4. The fraction of sp³-hybridized carbons (Fsp3) is 0.455. The van der Waals surface area contributed by atoms with Gasteiger partial charge in [0.15, 0.2) is 0 Å². The molecule has 1 aromatic carbocycles. The van der Waals surface area contributed by atoms with Gasteiger partial charge in [-0.2, -0.15) is 0 Å². The van der Waals surface area contributed by atoms with E-state index in [0.29, 0.717) is 18.4 Å². The van der Waals surface area contributed by atoms with Crippen molar-refractivity contribution in [3.8, 4) is 11.5 Å². The Labute approximate surface area is 85.9 Å². The quantitative estimate of drug-likeness (QED) is 0.757. The number of phenols is 2. The van der Waals surface area contributed by atoms with Crippen molar-refractivity contribution >= 4 is 0 Å². The summed E-state index contributed by atoms with van der Waals surface area (Å²) in [6.07, 6.45) is -1.59. The number of aryl methyl sites for hydroxylation is 1. The third-order valence-electron chi connectivity index (χ3n) is 1.73. The molecule has 0 amide bonds. The number of phenolic OH excluding ortho intramolecular Hbond substituents is 2. The largest absolute Gasteiger partial charge is 0.508 e. The summed E-state index contributed by atoms with van der Waals surface area (Å²) in [5, 5.41) is 18.5. The summed E-state index contributed by atoms with van der Waals surface area (Å²) >= 11 is 0. The van der Waals surface area contributed by atoms with Crippen molar-refractivity contribution in [2.75, 3.05) is 0 Å². The van der Waals surface area contributed by atoms with Crippen molar-refractivity contribution in [2.24, 2.45) is 0 Å². The molecule has 0 aliphatic rings. The molecule has 0 aromatic heterocycles. The summed E-state index contributed by atoms with van der Waals surface area (Å²) in [5.41, 5.74) is 0.647. The zero-order valence-corrected chi connectivity index (χ0v) is 7.25. The highest BCUT2D eigenvalue weighted by molar-refractivity contribution is 5.36. The molecule has 0 atom stereocenters. The van der Waals surface area contributed by atoms with Crippen LogP contribution in [-0.4, -0.2) is 10.2 Å². The van der Waals surface area contributed by atoms with Gasteiger partial charge in [0.05, 0.1) is 0 Å². The zero-order valence-electron chi connectivity index (χ0n) is 12.2. The Morgan fingerprint density at radius 3 is 2.54 bits per heavy atom. The first-order valence-corrected chi connectivity index (χ1v) is 4.14. The molecule has 0 spiro atoms. The maximum Gasteiger partial charge on any atom is 0.119 e. The van der Waals surface area contributed by atoms with E-state index in [2.05, 4.69) is 0 Å².